The lowest BCUT2D eigenvalue weighted by Gasteiger charge is -2.20. The molecule has 2 aromatic rings. The molecule has 0 saturated heterocycles. The Hall–Kier alpha value is -3.15. The number of carbonyl (C=O) groups excluding carboxylic acids is 3. The molecule has 0 heterocycles. The van der Waals surface area contributed by atoms with E-state index in [-0.39, 0.29) is 6.04 Å². The van der Waals surface area contributed by atoms with Crippen LogP contribution in [0.1, 0.15) is 59.8 Å². The average molecular weight is 394 g/mol. The quantitative estimate of drug-likeness (QED) is 0.600. The Morgan fingerprint density at radius 3 is 2.34 bits per heavy atom. The highest BCUT2D eigenvalue weighted by atomic mass is 16.5. The van der Waals surface area contributed by atoms with Crippen molar-refractivity contribution in [2.24, 2.45) is 0 Å². The first-order valence-electron chi connectivity index (χ1n) is 9.98. The molecular weight excluding hydrogens is 368 g/mol. The number of ether oxygens (including phenoxy) is 1. The van der Waals surface area contributed by atoms with Crippen molar-refractivity contribution in [3.8, 4) is 0 Å². The van der Waals surface area contributed by atoms with Crippen LogP contribution in [0.4, 0.5) is 5.69 Å². The summed E-state index contributed by atoms with van der Waals surface area (Å²) in [5, 5.41) is 5.29. The Bertz CT molecular complexity index is 906. The van der Waals surface area contributed by atoms with Crippen molar-refractivity contribution >= 4 is 23.5 Å². The second-order valence-corrected chi connectivity index (χ2v) is 7.18. The molecule has 0 aromatic heterocycles. The first-order chi connectivity index (χ1) is 14.0. The fraction of sp³-hybridized carbons (Fsp3) is 0.348. The zero-order chi connectivity index (χ0) is 20.8. The van der Waals surface area contributed by atoms with E-state index < -0.39 is 17.8 Å². The van der Waals surface area contributed by atoms with Gasteiger partial charge in [-0.1, -0.05) is 18.2 Å². The van der Waals surface area contributed by atoms with E-state index in [2.05, 4.69) is 22.8 Å². The number of anilines is 1. The zero-order valence-corrected chi connectivity index (χ0v) is 16.8. The molecule has 152 valence electrons. The topological polar surface area (TPSA) is 84.5 Å². The van der Waals surface area contributed by atoms with Crippen LogP contribution in [0.3, 0.4) is 0 Å². The van der Waals surface area contributed by atoms with E-state index in [1.807, 2.05) is 13.0 Å². The van der Waals surface area contributed by atoms with Crippen molar-refractivity contribution in [2.75, 3.05) is 11.9 Å². The third-order valence-electron chi connectivity index (χ3n) is 5.08. The van der Waals surface area contributed by atoms with Gasteiger partial charge >= 0.3 is 17.8 Å². The number of esters is 1. The summed E-state index contributed by atoms with van der Waals surface area (Å²) < 4.78 is 4.92. The lowest BCUT2D eigenvalue weighted by molar-refractivity contribution is -0.136. The minimum atomic E-state index is -0.751. The van der Waals surface area contributed by atoms with Crippen LogP contribution in [0, 0.1) is 0 Å². The molecule has 6 nitrogen and oxygen atoms in total. The van der Waals surface area contributed by atoms with Gasteiger partial charge in [-0.3, -0.25) is 9.59 Å². The summed E-state index contributed by atoms with van der Waals surface area (Å²) in [6, 6.07) is 12.2. The molecule has 2 amide bonds. The van der Waals surface area contributed by atoms with Crippen molar-refractivity contribution in [1.29, 1.82) is 0 Å². The predicted molar refractivity (Wildman–Crippen MR) is 111 cm³/mol. The van der Waals surface area contributed by atoms with Gasteiger partial charge in [-0.05, 0) is 80.5 Å². The van der Waals surface area contributed by atoms with E-state index in [4.69, 9.17) is 4.74 Å². The van der Waals surface area contributed by atoms with E-state index in [0.717, 1.165) is 18.4 Å². The minimum absolute atomic E-state index is 0.272. The number of rotatable bonds is 5. The summed E-state index contributed by atoms with van der Waals surface area (Å²) in [6.45, 7) is 3.89. The van der Waals surface area contributed by atoms with Gasteiger partial charge in [0.1, 0.15) is 0 Å². The Balaban J connectivity index is 1.57. The number of benzene rings is 2. The first-order valence-corrected chi connectivity index (χ1v) is 9.98. The lowest BCUT2D eigenvalue weighted by atomic mass is 9.89. The molecule has 0 saturated carbocycles. The molecule has 1 aliphatic rings. The van der Waals surface area contributed by atoms with E-state index in [0.29, 0.717) is 17.9 Å². The molecule has 0 spiro atoms. The summed E-state index contributed by atoms with van der Waals surface area (Å²) in [7, 11) is 0. The molecule has 0 fully saturated rings. The number of hydrogen-bond donors (Lipinski definition) is 2. The Labute approximate surface area is 170 Å². The molecule has 2 aromatic carbocycles. The van der Waals surface area contributed by atoms with Crippen LogP contribution >= 0.6 is 0 Å². The van der Waals surface area contributed by atoms with Crippen LogP contribution in [0.5, 0.6) is 0 Å². The first kappa shape index (κ1) is 20.6. The largest absolute Gasteiger partial charge is 0.462 e. The molecule has 0 bridgehead atoms. The monoisotopic (exact) mass is 394 g/mol. The van der Waals surface area contributed by atoms with Gasteiger partial charge in [0.25, 0.3) is 0 Å². The van der Waals surface area contributed by atoms with Crippen molar-refractivity contribution in [3.63, 3.8) is 0 Å². The van der Waals surface area contributed by atoms with Crippen LogP contribution in [0.15, 0.2) is 42.5 Å². The number of amides is 2. The van der Waals surface area contributed by atoms with Crippen molar-refractivity contribution in [3.05, 3.63) is 64.7 Å². The van der Waals surface area contributed by atoms with E-state index >= 15 is 0 Å². The van der Waals surface area contributed by atoms with Gasteiger partial charge in [0.05, 0.1) is 18.2 Å². The maximum atomic E-state index is 12.3. The lowest BCUT2D eigenvalue weighted by Crippen LogP contribution is -2.37. The summed E-state index contributed by atoms with van der Waals surface area (Å²) in [5.74, 6) is -1.88. The van der Waals surface area contributed by atoms with Gasteiger partial charge in [-0.25, -0.2) is 4.79 Å². The van der Waals surface area contributed by atoms with Crippen molar-refractivity contribution in [1.82, 2.24) is 5.32 Å². The normalized spacial score (nSPS) is 13.7. The van der Waals surface area contributed by atoms with Gasteiger partial charge in [0.15, 0.2) is 0 Å². The van der Waals surface area contributed by atoms with Crippen LogP contribution in [-0.2, 0) is 27.2 Å². The van der Waals surface area contributed by atoms with Crippen LogP contribution in [0.25, 0.3) is 0 Å². The molecule has 1 atom stereocenters. The predicted octanol–water partition coefficient (Wildman–Crippen LogP) is 3.56. The highest BCUT2D eigenvalue weighted by molar-refractivity contribution is 6.39. The van der Waals surface area contributed by atoms with Gasteiger partial charge in [-0.15, -0.1) is 0 Å². The SMILES string of the molecule is CCOC(=O)c1ccc(NC(=O)C(=O)NC(C)c2ccc3c(c2)CCCC3)cc1. The second kappa shape index (κ2) is 9.37. The van der Waals surface area contributed by atoms with Crippen LogP contribution in [0.2, 0.25) is 0 Å². The molecule has 6 heteroatoms. The average Bonchev–Trinajstić information content (AvgIpc) is 2.74. The molecular formula is C23H26N2O4. The van der Waals surface area contributed by atoms with Crippen LogP contribution in [-0.4, -0.2) is 24.4 Å². The number of fused-ring (bicyclic) bond motifs is 1. The maximum Gasteiger partial charge on any atom is 0.338 e. The fourth-order valence-electron chi connectivity index (χ4n) is 3.46. The van der Waals surface area contributed by atoms with E-state index in [1.54, 1.807) is 31.2 Å². The molecule has 2 N–H and O–H groups in total. The molecule has 0 aliphatic heterocycles. The zero-order valence-electron chi connectivity index (χ0n) is 16.8. The summed E-state index contributed by atoms with van der Waals surface area (Å²) >= 11 is 0. The third-order valence-corrected chi connectivity index (χ3v) is 5.08. The van der Waals surface area contributed by atoms with Gasteiger partial charge in [0, 0.05) is 5.69 Å². The highest BCUT2D eigenvalue weighted by Crippen LogP contribution is 2.24. The minimum Gasteiger partial charge on any atom is -0.462 e. The standard InChI is InChI=1S/C23H26N2O4/c1-3-29-23(28)17-10-12-20(13-11-17)25-22(27)21(26)24-15(2)18-9-8-16-6-4-5-7-19(16)14-18/h8-15H,3-7H2,1-2H3,(H,24,26)(H,25,27). The summed E-state index contributed by atoms with van der Waals surface area (Å²) in [6.07, 6.45) is 4.58. The van der Waals surface area contributed by atoms with Crippen molar-refractivity contribution in [2.45, 2.75) is 45.6 Å². The van der Waals surface area contributed by atoms with Gasteiger partial charge in [0.2, 0.25) is 0 Å². The van der Waals surface area contributed by atoms with Crippen molar-refractivity contribution < 1.29 is 19.1 Å². The van der Waals surface area contributed by atoms with Crippen LogP contribution < -0.4 is 10.6 Å². The number of hydrogen-bond acceptors (Lipinski definition) is 4. The molecule has 1 unspecified atom stereocenters. The number of nitrogens with one attached hydrogen (secondary N) is 2. The van der Waals surface area contributed by atoms with Gasteiger partial charge in [-0.2, -0.15) is 0 Å². The fourth-order valence-corrected chi connectivity index (χ4v) is 3.46. The number of aryl methyl sites for hydroxylation is 2. The molecule has 3 rings (SSSR count). The molecule has 0 radical (unpaired) electrons. The Morgan fingerprint density at radius 1 is 0.966 bits per heavy atom. The van der Waals surface area contributed by atoms with E-state index in [9.17, 15) is 14.4 Å². The summed E-state index contributed by atoms with van der Waals surface area (Å²) in [5.41, 5.74) is 4.52. The molecule has 29 heavy (non-hydrogen) atoms. The second-order valence-electron chi connectivity index (χ2n) is 7.18. The summed E-state index contributed by atoms with van der Waals surface area (Å²) in [4.78, 5) is 36.2. The Morgan fingerprint density at radius 2 is 1.66 bits per heavy atom. The highest BCUT2D eigenvalue weighted by Gasteiger charge is 2.19. The Kier molecular flexibility index (Phi) is 6.65. The molecule has 1 aliphatic carbocycles. The maximum absolute atomic E-state index is 12.3. The van der Waals surface area contributed by atoms with E-state index in [1.165, 1.54) is 24.0 Å². The smallest absolute Gasteiger partial charge is 0.338 e. The number of carbonyl (C=O) groups is 3. The third kappa shape index (κ3) is 5.22. The van der Waals surface area contributed by atoms with Gasteiger partial charge < -0.3 is 15.4 Å².